The lowest BCUT2D eigenvalue weighted by molar-refractivity contribution is 0.379. The maximum Gasteiger partial charge on any atom is 0.00693 e. The third-order valence-corrected chi connectivity index (χ3v) is 2.79. The molecular weight excluding hydrogens is 170 g/mol. The predicted molar refractivity (Wildman–Crippen MR) is 65.7 cm³/mol. The van der Waals surface area contributed by atoms with Crippen LogP contribution < -0.4 is 5.32 Å². The molecule has 1 unspecified atom stereocenters. The second kappa shape index (κ2) is 9.51. The Labute approximate surface area is 90.7 Å². The smallest absolute Gasteiger partial charge is 0.00693 e. The van der Waals surface area contributed by atoms with Gasteiger partial charge in [0, 0.05) is 12.1 Å². The summed E-state index contributed by atoms with van der Waals surface area (Å²) in [7, 11) is 0. The van der Waals surface area contributed by atoms with Gasteiger partial charge in [0.2, 0.25) is 0 Å². The highest BCUT2D eigenvalue weighted by Gasteiger charge is 2.09. The lowest BCUT2D eigenvalue weighted by Crippen LogP contribution is -2.36. The molecule has 0 amide bonds. The van der Waals surface area contributed by atoms with Gasteiger partial charge in [-0.3, -0.25) is 0 Å². The van der Waals surface area contributed by atoms with Crippen LogP contribution in [0.4, 0.5) is 0 Å². The quantitative estimate of drug-likeness (QED) is 0.589. The molecule has 1 heteroatoms. The van der Waals surface area contributed by atoms with Crippen molar-refractivity contribution in [2.75, 3.05) is 0 Å². The first-order valence-electron chi connectivity index (χ1n) is 6.50. The maximum atomic E-state index is 3.75. The van der Waals surface area contributed by atoms with Crippen LogP contribution in [0.3, 0.4) is 0 Å². The van der Waals surface area contributed by atoms with E-state index in [1.165, 1.54) is 44.9 Å². The second-order valence-electron chi connectivity index (χ2n) is 4.48. The van der Waals surface area contributed by atoms with Crippen molar-refractivity contribution in [3.8, 4) is 0 Å². The zero-order valence-electron chi connectivity index (χ0n) is 10.6. The van der Waals surface area contributed by atoms with Crippen LogP contribution in [0, 0.1) is 0 Å². The zero-order valence-corrected chi connectivity index (χ0v) is 10.6. The van der Waals surface area contributed by atoms with Crippen molar-refractivity contribution < 1.29 is 0 Å². The van der Waals surface area contributed by atoms with Gasteiger partial charge >= 0.3 is 0 Å². The van der Waals surface area contributed by atoms with E-state index >= 15 is 0 Å². The van der Waals surface area contributed by atoms with E-state index in [0.29, 0.717) is 6.04 Å². The summed E-state index contributed by atoms with van der Waals surface area (Å²) >= 11 is 0. The molecule has 1 atom stereocenters. The Morgan fingerprint density at radius 1 is 0.857 bits per heavy atom. The molecule has 0 aliphatic heterocycles. The molecule has 14 heavy (non-hydrogen) atoms. The van der Waals surface area contributed by atoms with Crippen molar-refractivity contribution in [2.24, 2.45) is 0 Å². The summed E-state index contributed by atoms with van der Waals surface area (Å²) in [5.74, 6) is 0. The van der Waals surface area contributed by atoms with Crippen molar-refractivity contribution in [1.82, 2.24) is 5.32 Å². The van der Waals surface area contributed by atoms with Crippen LogP contribution in [-0.2, 0) is 0 Å². The van der Waals surface area contributed by atoms with Gasteiger partial charge in [-0.25, -0.2) is 0 Å². The van der Waals surface area contributed by atoms with Gasteiger partial charge in [0.25, 0.3) is 0 Å². The second-order valence-corrected chi connectivity index (χ2v) is 4.48. The standard InChI is InChI=1S/C13H29N/c1-5-8-11-12(4)14-13(9-6-2)10-7-3/h12-14H,5-11H2,1-4H3. The first-order valence-corrected chi connectivity index (χ1v) is 6.50. The SMILES string of the molecule is CCCCC(C)NC(CCC)CCC. The average molecular weight is 199 g/mol. The highest BCUT2D eigenvalue weighted by atomic mass is 14.9. The minimum absolute atomic E-state index is 0.707. The molecule has 0 aromatic carbocycles. The van der Waals surface area contributed by atoms with Gasteiger partial charge in [-0.1, -0.05) is 46.5 Å². The summed E-state index contributed by atoms with van der Waals surface area (Å²) in [4.78, 5) is 0. The third kappa shape index (κ3) is 7.37. The molecule has 1 nitrogen and oxygen atoms in total. The van der Waals surface area contributed by atoms with E-state index < -0.39 is 0 Å². The Morgan fingerprint density at radius 3 is 1.86 bits per heavy atom. The Kier molecular flexibility index (Phi) is 9.49. The highest BCUT2D eigenvalue weighted by molar-refractivity contribution is 4.70. The first-order chi connectivity index (χ1) is 6.74. The van der Waals surface area contributed by atoms with Crippen molar-refractivity contribution in [3.05, 3.63) is 0 Å². The Balaban J connectivity index is 3.64. The van der Waals surface area contributed by atoms with Crippen LogP contribution in [0.5, 0.6) is 0 Å². The number of unbranched alkanes of at least 4 members (excludes halogenated alkanes) is 1. The fourth-order valence-corrected chi connectivity index (χ4v) is 2.00. The van der Waals surface area contributed by atoms with Gasteiger partial charge in [-0.15, -0.1) is 0 Å². The molecule has 0 radical (unpaired) electrons. The van der Waals surface area contributed by atoms with Gasteiger partial charge in [0.15, 0.2) is 0 Å². The zero-order chi connectivity index (χ0) is 10.8. The van der Waals surface area contributed by atoms with E-state index in [1.54, 1.807) is 0 Å². The maximum absolute atomic E-state index is 3.75. The Morgan fingerprint density at radius 2 is 1.43 bits per heavy atom. The van der Waals surface area contributed by atoms with Crippen LogP contribution >= 0.6 is 0 Å². The van der Waals surface area contributed by atoms with E-state index in [4.69, 9.17) is 0 Å². The minimum atomic E-state index is 0.707. The van der Waals surface area contributed by atoms with Crippen LogP contribution in [0.15, 0.2) is 0 Å². The highest BCUT2D eigenvalue weighted by Crippen LogP contribution is 2.08. The van der Waals surface area contributed by atoms with Gasteiger partial charge in [0.05, 0.1) is 0 Å². The molecule has 1 N–H and O–H groups in total. The number of hydrogen-bond acceptors (Lipinski definition) is 1. The molecule has 0 aromatic rings. The molecule has 0 aromatic heterocycles. The van der Waals surface area contributed by atoms with E-state index in [2.05, 4.69) is 33.0 Å². The largest absolute Gasteiger partial charge is 0.312 e. The third-order valence-electron chi connectivity index (χ3n) is 2.79. The molecular formula is C13H29N. The van der Waals surface area contributed by atoms with Crippen LogP contribution in [0.1, 0.15) is 72.6 Å². The summed E-state index contributed by atoms with van der Waals surface area (Å²) < 4.78 is 0. The van der Waals surface area contributed by atoms with E-state index in [9.17, 15) is 0 Å². The van der Waals surface area contributed by atoms with Crippen LogP contribution in [0.25, 0.3) is 0 Å². The minimum Gasteiger partial charge on any atom is -0.312 e. The normalized spacial score (nSPS) is 13.5. The van der Waals surface area contributed by atoms with Gasteiger partial charge in [-0.2, -0.15) is 0 Å². The monoisotopic (exact) mass is 199 g/mol. The van der Waals surface area contributed by atoms with Gasteiger partial charge < -0.3 is 5.32 Å². The van der Waals surface area contributed by atoms with Crippen molar-refractivity contribution in [1.29, 1.82) is 0 Å². The van der Waals surface area contributed by atoms with Crippen molar-refractivity contribution in [2.45, 2.75) is 84.7 Å². The summed E-state index contributed by atoms with van der Waals surface area (Å²) in [5.41, 5.74) is 0. The van der Waals surface area contributed by atoms with E-state index in [-0.39, 0.29) is 0 Å². The summed E-state index contributed by atoms with van der Waals surface area (Å²) in [5, 5.41) is 3.75. The molecule has 0 heterocycles. The molecule has 0 saturated heterocycles. The fraction of sp³-hybridized carbons (Fsp3) is 1.00. The number of hydrogen-bond donors (Lipinski definition) is 1. The van der Waals surface area contributed by atoms with Gasteiger partial charge in [-0.05, 0) is 26.2 Å². The molecule has 0 aliphatic carbocycles. The van der Waals surface area contributed by atoms with Crippen LogP contribution in [0.2, 0.25) is 0 Å². The molecule has 0 fully saturated rings. The average Bonchev–Trinajstić information content (AvgIpc) is 2.15. The number of rotatable bonds is 9. The van der Waals surface area contributed by atoms with Crippen LogP contribution in [-0.4, -0.2) is 12.1 Å². The Bertz CT molecular complexity index is 106. The summed E-state index contributed by atoms with van der Waals surface area (Å²) in [6, 6.07) is 1.47. The summed E-state index contributed by atoms with van der Waals surface area (Å²) in [6.45, 7) is 9.15. The molecule has 0 rings (SSSR count). The van der Waals surface area contributed by atoms with Crippen molar-refractivity contribution >= 4 is 0 Å². The molecule has 0 bridgehead atoms. The Hall–Kier alpha value is -0.0400. The lowest BCUT2D eigenvalue weighted by Gasteiger charge is -2.22. The lowest BCUT2D eigenvalue weighted by atomic mass is 10.0. The first kappa shape index (κ1) is 14.0. The topological polar surface area (TPSA) is 12.0 Å². The molecule has 0 spiro atoms. The predicted octanol–water partition coefficient (Wildman–Crippen LogP) is 4.12. The molecule has 0 aliphatic rings. The molecule has 0 saturated carbocycles. The van der Waals surface area contributed by atoms with Gasteiger partial charge in [0.1, 0.15) is 0 Å². The fourth-order valence-electron chi connectivity index (χ4n) is 2.00. The number of nitrogens with one attached hydrogen (secondary N) is 1. The summed E-state index contributed by atoms with van der Waals surface area (Å²) in [6.07, 6.45) is 9.29. The van der Waals surface area contributed by atoms with E-state index in [1.807, 2.05) is 0 Å². The molecule has 86 valence electrons. The van der Waals surface area contributed by atoms with E-state index in [0.717, 1.165) is 6.04 Å². The van der Waals surface area contributed by atoms with Crippen molar-refractivity contribution in [3.63, 3.8) is 0 Å².